The van der Waals surface area contributed by atoms with Crippen LogP contribution in [0.25, 0.3) is 0 Å². The summed E-state index contributed by atoms with van der Waals surface area (Å²) in [5.41, 5.74) is 16.9. The number of carboxylic acid groups (broad SMARTS) is 3. The lowest BCUT2D eigenvalue weighted by atomic mass is 9.96. The number of hydrogen-bond acceptors (Lipinski definition) is 15. The molecule has 1 aromatic heterocycles. The van der Waals surface area contributed by atoms with Gasteiger partial charge in [-0.2, -0.15) is 0 Å². The van der Waals surface area contributed by atoms with Gasteiger partial charge in [0.2, 0.25) is 53.2 Å². The molecule has 0 bridgehead atoms. The fraction of sp³-hybridized carbons (Fsp3) is 0.667. The number of H-pyrrole nitrogens is 1. The maximum absolute atomic E-state index is 14.0. The predicted molar refractivity (Wildman–Crippen MR) is 259 cm³/mol. The molecule has 1 rings (SSSR count). The molecule has 0 radical (unpaired) electrons. The summed E-state index contributed by atoms with van der Waals surface area (Å²) in [5, 5.41) is 48.0. The van der Waals surface area contributed by atoms with Crippen molar-refractivity contribution in [3.8, 4) is 0 Å². The first kappa shape index (κ1) is 63.8. The Morgan fingerprint density at radius 2 is 1.12 bits per heavy atom. The van der Waals surface area contributed by atoms with Crippen molar-refractivity contribution >= 4 is 71.1 Å². The molecule has 9 amide bonds. The minimum atomic E-state index is -1.84. The standard InChI is InChI=1S/C45H75N13O15/c1-8-23(6)36(44(71)52-27(12-13-32(48)59)39(66)53-28(45(72)73)11-9-10-14-46)58-42(69)29(15-21(2)3)55-41(68)31(18-34(62)63)56-43(70)35(22(4)5)57-37(64)24(7)51-40(67)30(16-25-19-49-20-50-25)54-38(65)26(47)17-33(60)61/h19-24,26-31,35-36H,8-18,46-47H2,1-7H3,(H2,48,59)(H,49,50)(H,51,67)(H,52,71)(H,53,66)(H,54,65)(H,55,68)(H,56,70)(H,57,64)(H,58,69)(H,60,61)(H,62,63)(H,72,73)/t23-,24-,26-,27-,28-,29-,30-,31-,35-,36-/m0/s1. The van der Waals surface area contributed by atoms with E-state index in [-0.39, 0.29) is 44.6 Å². The van der Waals surface area contributed by atoms with Crippen molar-refractivity contribution in [1.29, 1.82) is 0 Å². The number of aromatic nitrogens is 2. The molecule has 410 valence electrons. The smallest absolute Gasteiger partial charge is 0.326 e. The van der Waals surface area contributed by atoms with Gasteiger partial charge in [-0.05, 0) is 63.3 Å². The minimum absolute atomic E-state index is 0.0206. The van der Waals surface area contributed by atoms with E-state index in [4.69, 9.17) is 22.3 Å². The SMILES string of the molecule is CC[C@H](C)[C@H](NC(=O)[C@H](CC(C)C)NC(=O)[C@H](CC(=O)O)NC(=O)[C@@H](NC(=O)[C@H](C)NC(=O)[C@H](Cc1cnc[nH]1)NC(=O)[C@@H](N)CC(=O)O)C(C)C)C(=O)N[C@@H](CCC(N)=O)C(=O)N[C@@H](CCCCN)C(=O)O. The Morgan fingerprint density at radius 3 is 1.64 bits per heavy atom. The summed E-state index contributed by atoms with van der Waals surface area (Å²) in [4.78, 5) is 162. The highest BCUT2D eigenvalue weighted by molar-refractivity contribution is 5.99. The van der Waals surface area contributed by atoms with E-state index in [1.165, 1.54) is 33.3 Å². The molecule has 0 saturated carbocycles. The molecule has 0 aliphatic rings. The Labute approximate surface area is 422 Å². The van der Waals surface area contributed by atoms with Crippen molar-refractivity contribution in [3.05, 3.63) is 18.2 Å². The molecular weight excluding hydrogens is 963 g/mol. The summed E-state index contributed by atoms with van der Waals surface area (Å²) in [7, 11) is 0. The summed E-state index contributed by atoms with van der Waals surface area (Å²) >= 11 is 0. The molecule has 1 heterocycles. The first-order valence-corrected chi connectivity index (χ1v) is 23.9. The highest BCUT2D eigenvalue weighted by Gasteiger charge is 2.37. The summed E-state index contributed by atoms with van der Waals surface area (Å²) in [6.07, 6.45) is 1.13. The van der Waals surface area contributed by atoms with Gasteiger partial charge < -0.3 is 80.0 Å². The number of aliphatic carboxylic acids is 3. The zero-order chi connectivity index (χ0) is 55.7. The largest absolute Gasteiger partial charge is 0.481 e. The summed E-state index contributed by atoms with van der Waals surface area (Å²) in [6, 6.07) is -13.2. The van der Waals surface area contributed by atoms with E-state index in [2.05, 4.69) is 52.5 Å². The van der Waals surface area contributed by atoms with E-state index in [9.17, 15) is 67.7 Å². The van der Waals surface area contributed by atoms with Gasteiger partial charge in [0, 0.05) is 24.7 Å². The number of nitrogens with two attached hydrogens (primary N) is 3. The molecule has 73 heavy (non-hydrogen) atoms. The van der Waals surface area contributed by atoms with Crippen LogP contribution >= 0.6 is 0 Å². The topological polar surface area (TPSA) is 469 Å². The number of nitrogens with zero attached hydrogens (tertiary/aromatic N) is 1. The van der Waals surface area contributed by atoms with Gasteiger partial charge >= 0.3 is 17.9 Å². The lowest BCUT2D eigenvalue weighted by Gasteiger charge is -2.30. The van der Waals surface area contributed by atoms with E-state index in [1.807, 2.05) is 0 Å². The molecule has 28 heteroatoms. The molecule has 0 saturated heterocycles. The van der Waals surface area contributed by atoms with Gasteiger partial charge in [-0.3, -0.25) is 52.7 Å². The van der Waals surface area contributed by atoms with Gasteiger partial charge in [0.15, 0.2) is 0 Å². The van der Waals surface area contributed by atoms with Crippen molar-refractivity contribution in [3.63, 3.8) is 0 Å². The van der Waals surface area contributed by atoms with E-state index >= 15 is 0 Å². The van der Waals surface area contributed by atoms with E-state index in [1.54, 1.807) is 27.7 Å². The van der Waals surface area contributed by atoms with Crippen LogP contribution in [-0.4, -0.2) is 157 Å². The molecule has 0 aliphatic heterocycles. The first-order chi connectivity index (χ1) is 34.1. The second-order valence-electron chi connectivity index (χ2n) is 18.5. The molecule has 10 atom stereocenters. The predicted octanol–water partition coefficient (Wildman–Crippen LogP) is -3.65. The normalized spacial score (nSPS) is 15.3. The number of carboxylic acids is 3. The summed E-state index contributed by atoms with van der Waals surface area (Å²) < 4.78 is 0. The van der Waals surface area contributed by atoms with Gasteiger partial charge in [-0.15, -0.1) is 0 Å². The Hall–Kier alpha value is -7.23. The third kappa shape index (κ3) is 23.7. The Bertz CT molecular complexity index is 2070. The lowest BCUT2D eigenvalue weighted by Crippen LogP contribution is -2.61. The molecule has 28 nitrogen and oxygen atoms in total. The van der Waals surface area contributed by atoms with Gasteiger partial charge in [0.25, 0.3) is 0 Å². The van der Waals surface area contributed by atoms with Crippen molar-refractivity contribution in [2.24, 2.45) is 35.0 Å². The third-order valence-corrected chi connectivity index (χ3v) is 11.4. The molecule has 0 spiro atoms. The maximum atomic E-state index is 14.0. The fourth-order valence-electron chi connectivity index (χ4n) is 6.99. The molecule has 0 fully saturated rings. The van der Waals surface area contributed by atoms with Crippen LogP contribution in [0.5, 0.6) is 0 Å². The third-order valence-electron chi connectivity index (χ3n) is 11.4. The molecular formula is C45H75N13O15. The quantitative estimate of drug-likeness (QED) is 0.0292. The molecule has 0 aliphatic carbocycles. The van der Waals surface area contributed by atoms with Crippen LogP contribution in [0, 0.1) is 17.8 Å². The average Bonchev–Trinajstić information content (AvgIpc) is 3.82. The van der Waals surface area contributed by atoms with Crippen molar-refractivity contribution < 1.29 is 72.9 Å². The molecule has 18 N–H and O–H groups in total. The number of nitrogens with one attached hydrogen (secondary N) is 9. The number of aromatic amines is 1. The van der Waals surface area contributed by atoms with Crippen LogP contribution in [0.4, 0.5) is 0 Å². The van der Waals surface area contributed by atoms with Crippen molar-refractivity contribution in [2.75, 3.05) is 6.54 Å². The average molecular weight is 1040 g/mol. The highest BCUT2D eigenvalue weighted by atomic mass is 16.4. The lowest BCUT2D eigenvalue weighted by molar-refractivity contribution is -0.143. The number of carbonyl (C=O) groups is 12. The van der Waals surface area contributed by atoms with Crippen LogP contribution in [0.1, 0.15) is 112 Å². The second-order valence-corrected chi connectivity index (χ2v) is 18.5. The van der Waals surface area contributed by atoms with Gasteiger partial charge in [0.05, 0.1) is 25.2 Å². The van der Waals surface area contributed by atoms with Crippen LogP contribution in [0.3, 0.4) is 0 Å². The number of amides is 9. The number of primary amides is 1. The van der Waals surface area contributed by atoms with Crippen molar-refractivity contribution in [2.45, 2.75) is 167 Å². The highest BCUT2D eigenvalue weighted by Crippen LogP contribution is 2.14. The van der Waals surface area contributed by atoms with Crippen LogP contribution in [-0.2, 0) is 64.0 Å². The number of imidazole rings is 1. The van der Waals surface area contributed by atoms with Crippen LogP contribution in [0.2, 0.25) is 0 Å². The van der Waals surface area contributed by atoms with E-state index < -0.39 is 150 Å². The molecule has 0 unspecified atom stereocenters. The second kappa shape index (κ2) is 32.0. The first-order valence-electron chi connectivity index (χ1n) is 23.9. The Balaban J connectivity index is 3.34. The number of carbonyl (C=O) groups excluding carboxylic acids is 9. The molecule has 1 aromatic rings. The maximum Gasteiger partial charge on any atom is 0.326 e. The van der Waals surface area contributed by atoms with Crippen LogP contribution < -0.4 is 59.7 Å². The molecule has 0 aromatic carbocycles. The zero-order valence-electron chi connectivity index (χ0n) is 42.3. The van der Waals surface area contributed by atoms with Crippen molar-refractivity contribution in [1.82, 2.24) is 52.5 Å². The Morgan fingerprint density at radius 1 is 0.603 bits per heavy atom. The van der Waals surface area contributed by atoms with Gasteiger partial charge in [-0.1, -0.05) is 48.0 Å². The van der Waals surface area contributed by atoms with E-state index in [0.717, 1.165) is 0 Å². The monoisotopic (exact) mass is 1040 g/mol. The number of unbranched alkanes of at least 4 members (excludes halogenated alkanes) is 1. The summed E-state index contributed by atoms with van der Waals surface area (Å²) in [5.74, 6) is -14.4. The summed E-state index contributed by atoms with van der Waals surface area (Å²) in [6.45, 7) is 11.3. The fourth-order valence-corrected chi connectivity index (χ4v) is 6.99. The Kier molecular flexibility index (Phi) is 27.9. The van der Waals surface area contributed by atoms with E-state index in [0.29, 0.717) is 25.0 Å². The van der Waals surface area contributed by atoms with Crippen LogP contribution in [0.15, 0.2) is 12.5 Å². The minimum Gasteiger partial charge on any atom is -0.481 e. The van der Waals surface area contributed by atoms with Gasteiger partial charge in [0.1, 0.15) is 48.3 Å². The zero-order valence-corrected chi connectivity index (χ0v) is 42.3. The number of rotatable bonds is 35. The van der Waals surface area contributed by atoms with Gasteiger partial charge in [-0.25, -0.2) is 9.78 Å². The number of hydrogen-bond donors (Lipinski definition) is 15.